The number of carbonyl (C=O) groups excluding carboxylic acids is 1. The summed E-state index contributed by atoms with van der Waals surface area (Å²) in [6.07, 6.45) is -1.43. The molecule has 2 N–H and O–H groups in total. The van der Waals surface area contributed by atoms with Crippen molar-refractivity contribution in [1.29, 1.82) is 0 Å². The zero-order chi connectivity index (χ0) is 21.9. The number of nitrogens with one attached hydrogen (secondary N) is 2. The zero-order valence-electron chi connectivity index (χ0n) is 16.3. The first-order valence-electron chi connectivity index (χ1n) is 9.68. The Balaban J connectivity index is 1.51. The molecule has 0 atom stereocenters. The van der Waals surface area contributed by atoms with Gasteiger partial charge < -0.3 is 10.6 Å². The van der Waals surface area contributed by atoms with Crippen LogP contribution in [0.1, 0.15) is 47.3 Å². The number of aromatic nitrogens is 1. The minimum absolute atomic E-state index is 0.0134. The Kier molecular flexibility index (Phi) is 6.85. The number of benzene rings is 1. The van der Waals surface area contributed by atoms with Crippen LogP contribution < -0.4 is 10.6 Å². The molecule has 1 amide bonds. The van der Waals surface area contributed by atoms with Crippen LogP contribution in [-0.4, -0.2) is 23.5 Å². The van der Waals surface area contributed by atoms with Crippen molar-refractivity contribution in [3.63, 3.8) is 0 Å². The molecule has 0 radical (unpaired) electrons. The largest absolute Gasteiger partial charge is 0.416 e. The highest BCUT2D eigenvalue weighted by molar-refractivity contribution is 6.33. The molecule has 0 bridgehead atoms. The third-order valence-electron chi connectivity index (χ3n) is 5.31. The highest BCUT2D eigenvalue weighted by Crippen LogP contribution is 2.32. The Morgan fingerprint density at radius 1 is 1.17 bits per heavy atom. The number of pyridine rings is 1. The second-order valence-corrected chi connectivity index (χ2v) is 7.94. The van der Waals surface area contributed by atoms with E-state index < -0.39 is 17.6 Å². The number of alkyl halides is 3. The van der Waals surface area contributed by atoms with Crippen LogP contribution in [0.4, 0.5) is 23.4 Å². The molecule has 0 saturated heterocycles. The predicted octanol–water partition coefficient (Wildman–Crippen LogP) is 5.60. The standard InChI is InChI=1S/C21H22ClF4N3O/c1-12-18(23)8-9-19(28-12)27-11-13-2-5-15(6-3-13)29-20(30)16-10-14(21(24,25)26)4-7-17(16)22/h4,7-10,13,15H,2-3,5-6,11H2,1H3,(H,27,28)(H,29,30)/t13-,15-. The first kappa shape index (κ1) is 22.3. The van der Waals surface area contributed by atoms with E-state index in [1.807, 2.05) is 0 Å². The summed E-state index contributed by atoms with van der Waals surface area (Å²) in [5.41, 5.74) is -0.746. The van der Waals surface area contributed by atoms with Gasteiger partial charge in [-0.2, -0.15) is 13.2 Å². The first-order valence-corrected chi connectivity index (χ1v) is 10.1. The molecule has 1 fully saturated rings. The van der Waals surface area contributed by atoms with E-state index in [1.165, 1.54) is 6.07 Å². The maximum atomic E-state index is 13.3. The number of aryl methyl sites for hydroxylation is 1. The van der Waals surface area contributed by atoms with Crippen molar-refractivity contribution < 1.29 is 22.4 Å². The zero-order valence-corrected chi connectivity index (χ0v) is 17.1. The van der Waals surface area contributed by atoms with E-state index in [2.05, 4.69) is 15.6 Å². The highest BCUT2D eigenvalue weighted by atomic mass is 35.5. The topological polar surface area (TPSA) is 54.0 Å². The molecule has 1 aromatic carbocycles. The fourth-order valence-corrected chi connectivity index (χ4v) is 3.74. The van der Waals surface area contributed by atoms with Gasteiger partial charge in [0.1, 0.15) is 11.6 Å². The van der Waals surface area contributed by atoms with Crippen LogP contribution in [0.25, 0.3) is 0 Å². The number of halogens is 5. The van der Waals surface area contributed by atoms with E-state index in [1.54, 1.807) is 13.0 Å². The molecular weight excluding hydrogens is 422 g/mol. The molecule has 2 aromatic rings. The van der Waals surface area contributed by atoms with Gasteiger partial charge in [-0.3, -0.25) is 4.79 Å². The third-order valence-corrected chi connectivity index (χ3v) is 5.64. The van der Waals surface area contributed by atoms with E-state index in [0.717, 1.165) is 31.0 Å². The number of amides is 1. The summed E-state index contributed by atoms with van der Waals surface area (Å²) in [7, 11) is 0. The van der Waals surface area contributed by atoms with Crippen molar-refractivity contribution >= 4 is 23.3 Å². The van der Waals surface area contributed by atoms with Gasteiger partial charge in [-0.1, -0.05) is 11.6 Å². The van der Waals surface area contributed by atoms with Crippen molar-refractivity contribution in [3.05, 3.63) is 58.0 Å². The molecule has 0 unspecified atom stereocenters. The summed E-state index contributed by atoms with van der Waals surface area (Å²) in [6.45, 7) is 2.28. The van der Waals surface area contributed by atoms with Gasteiger partial charge >= 0.3 is 6.18 Å². The number of carbonyl (C=O) groups is 1. The quantitative estimate of drug-likeness (QED) is 0.591. The van der Waals surface area contributed by atoms with E-state index in [0.29, 0.717) is 36.8 Å². The van der Waals surface area contributed by atoms with Crippen LogP contribution in [0.2, 0.25) is 5.02 Å². The normalized spacial score (nSPS) is 19.4. The summed E-state index contributed by atoms with van der Waals surface area (Å²) in [6, 6.07) is 5.57. The molecule has 0 aliphatic heterocycles. The summed E-state index contributed by atoms with van der Waals surface area (Å²) in [5, 5.41) is 5.99. The Hall–Kier alpha value is -2.35. The molecule has 1 heterocycles. The van der Waals surface area contributed by atoms with Crippen LogP contribution in [0.3, 0.4) is 0 Å². The predicted molar refractivity (Wildman–Crippen MR) is 107 cm³/mol. The van der Waals surface area contributed by atoms with E-state index in [-0.39, 0.29) is 22.4 Å². The number of nitrogens with zero attached hydrogens (tertiary/aromatic N) is 1. The van der Waals surface area contributed by atoms with Gasteiger partial charge in [-0.05, 0) is 68.9 Å². The lowest BCUT2D eigenvalue weighted by Crippen LogP contribution is -2.38. The molecule has 9 heteroatoms. The van der Waals surface area contributed by atoms with Gasteiger partial charge in [-0.15, -0.1) is 0 Å². The SMILES string of the molecule is Cc1nc(NC[C@H]2CC[C@H](NC(=O)c3cc(C(F)(F)F)ccc3Cl)CC2)ccc1F. The molecule has 1 saturated carbocycles. The third kappa shape index (κ3) is 5.62. The maximum Gasteiger partial charge on any atom is 0.416 e. The van der Waals surface area contributed by atoms with Gasteiger partial charge in [0.25, 0.3) is 5.91 Å². The fraction of sp³-hybridized carbons (Fsp3) is 0.429. The van der Waals surface area contributed by atoms with Gasteiger partial charge in [0.15, 0.2) is 0 Å². The minimum Gasteiger partial charge on any atom is -0.370 e. The van der Waals surface area contributed by atoms with Crippen LogP contribution in [0.15, 0.2) is 30.3 Å². The average Bonchev–Trinajstić information content (AvgIpc) is 2.69. The molecular formula is C21H22ClF4N3O. The van der Waals surface area contributed by atoms with E-state index in [9.17, 15) is 22.4 Å². The Morgan fingerprint density at radius 2 is 1.87 bits per heavy atom. The van der Waals surface area contributed by atoms with E-state index >= 15 is 0 Å². The first-order chi connectivity index (χ1) is 14.1. The number of hydrogen-bond acceptors (Lipinski definition) is 3. The molecule has 1 aromatic heterocycles. The Bertz CT molecular complexity index is 912. The maximum absolute atomic E-state index is 13.3. The monoisotopic (exact) mass is 443 g/mol. The van der Waals surface area contributed by atoms with Crippen molar-refractivity contribution in [2.75, 3.05) is 11.9 Å². The van der Waals surface area contributed by atoms with Gasteiger partial charge in [0, 0.05) is 12.6 Å². The van der Waals surface area contributed by atoms with Gasteiger partial charge in [-0.25, -0.2) is 9.37 Å². The molecule has 162 valence electrons. The summed E-state index contributed by atoms with van der Waals surface area (Å²) < 4.78 is 52.0. The van der Waals surface area contributed by atoms with Crippen LogP contribution in [0, 0.1) is 18.7 Å². The smallest absolute Gasteiger partial charge is 0.370 e. The number of anilines is 1. The van der Waals surface area contributed by atoms with Crippen molar-refractivity contribution in [2.24, 2.45) is 5.92 Å². The Morgan fingerprint density at radius 3 is 2.50 bits per heavy atom. The lowest BCUT2D eigenvalue weighted by atomic mass is 9.86. The van der Waals surface area contributed by atoms with Crippen LogP contribution >= 0.6 is 11.6 Å². The number of rotatable bonds is 5. The van der Waals surface area contributed by atoms with Gasteiger partial charge in [0.05, 0.1) is 21.8 Å². The second kappa shape index (κ2) is 9.20. The Labute approximate surface area is 177 Å². The summed E-state index contributed by atoms with van der Waals surface area (Å²) in [4.78, 5) is 16.6. The van der Waals surface area contributed by atoms with Crippen LogP contribution in [-0.2, 0) is 6.18 Å². The second-order valence-electron chi connectivity index (χ2n) is 7.53. The number of hydrogen-bond donors (Lipinski definition) is 2. The molecule has 3 rings (SSSR count). The minimum atomic E-state index is -4.54. The van der Waals surface area contributed by atoms with E-state index in [4.69, 9.17) is 11.6 Å². The average molecular weight is 444 g/mol. The molecule has 30 heavy (non-hydrogen) atoms. The van der Waals surface area contributed by atoms with Crippen molar-refractivity contribution in [2.45, 2.75) is 44.8 Å². The lowest BCUT2D eigenvalue weighted by Gasteiger charge is -2.29. The molecule has 0 spiro atoms. The molecule has 1 aliphatic carbocycles. The lowest BCUT2D eigenvalue weighted by molar-refractivity contribution is -0.137. The highest BCUT2D eigenvalue weighted by Gasteiger charge is 2.32. The van der Waals surface area contributed by atoms with Crippen molar-refractivity contribution in [1.82, 2.24) is 10.3 Å². The molecule has 4 nitrogen and oxygen atoms in total. The fourth-order valence-electron chi connectivity index (χ4n) is 3.54. The van der Waals surface area contributed by atoms with Gasteiger partial charge in [0.2, 0.25) is 0 Å². The molecule has 1 aliphatic rings. The van der Waals surface area contributed by atoms with Crippen LogP contribution in [0.5, 0.6) is 0 Å². The summed E-state index contributed by atoms with van der Waals surface area (Å²) in [5.74, 6) is 0.0299. The van der Waals surface area contributed by atoms with Crippen molar-refractivity contribution in [3.8, 4) is 0 Å². The summed E-state index contributed by atoms with van der Waals surface area (Å²) >= 11 is 5.94.